The van der Waals surface area contributed by atoms with Crippen LogP contribution in [0.5, 0.6) is 0 Å². The summed E-state index contributed by atoms with van der Waals surface area (Å²) in [4.78, 5) is 13.4. The molecular formula is C30H37F3O2S. The lowest BCUT2D eigenvalue weighted by atomic mass is 9.49. The number of alkyl halides is 3. The standard InChI is InChI=1S/C30H37F3O2S/c1-5-36-21-10-6-18(7-11-21)24-17-27(2)25(14-15-30(27,35)28(3,31)29(4,32)33)23-12-8-19-16-20(34)9-13-22(19)26(23)24/h6-7,10-11,16,23-25,35H,5,8-9,12-15,17H2,1-4H3. The van der Waals surface area contributed by atoms with Crippen molar-refractivity contribution in [3.05, 3.63) is 52.6 Å². The molecule has 1 N–H and O–H groups in total. The van der Waals surface area contributed by atoms with Crippen LogP contribution < -0.4 is 0 Å². The fourth-order valence-corrected chi connectivity index (χ4v) is 8.72. The Bertz CT molecular complexity index is 1120. The van der Waals surface area contributed by atoms with Crippen molar-refractivity contribution in [2.75, 3.05) is 5.75 Å². The summed E-state index contributed by atoms with van der Waals surface area (Å²) in [6.07, 6.45) is 5.55. The van der Waals surface area contributed by atoms with E-state index in [1.807, 2.05) is 6.92 Å². The smallest absolute Gasteiger partial charge is 0.281 e. The van der Waals surface area contributed by atoms with Crippen LogP contribution in [0.4, 0.5) is 13.2 Å². The summed E-state index contributed by atoms with van der Waals surface area (Å²) < 4.78 is 45.4. The summed E-state index contributed by atoms with van der Waals surface area (Å²) in [5, 5.41) is 11.9. The van der Waals surface area contributed by atoms with Gasteiger partial charge in [0.25, 0.3) is 5.92 Å². The molecule has 196 valence electrons. The molecule has 6 atom stereocenters. The normalized spacial score (nSPS) is 36.1. The number of allylic oxidation sites excluding steroid dienone is 4. The molecular weight excluding hydrogens is 481 g/mol. The molecule has 0 aromatic heterocycles. The van der Waals surface area contributed by atoms with Crippen LogP contribution in [0.25, 0.3) is 0 Å². The van der Waals surface area contributed by atoms with Crippen LogP contribution in [0, 0.1) is 17.3 Å². The third-order valence-corrected chi connectivity index (χ3v) is 11.0. The molecule has 2 fully saturated rings. The minimum absolute atomic E-state index is 0.0314. The molecule has 6 heteroatoms. The minimum atomic E-state index is -3.67. The maximum absolute atomic E-state index is 16.0. The molecule has 0 amide bonds. The number of rotatable bonds is 5. The van der Waals surface area contributed by atoms with E-state index < -0.39 is 22.6 Å². The first kappa shape index (κ1) is 26.1. The van der Waals surface area contributed by atoms with Crippen molar-refractivity contribution < 1.29 is 23.1 Å². The van der Waals surface area contributed by atoms with Gasteiger partial charge in [-0.05, 0) is 98.0 Å². The third kappa shape index (κ3) is 3.68. The van der Waals surface area contributed by atoms with E-state index in [1.165, 1.54) is 16.0 Å². The van der Waals surface area contributed by atoms with Gasteiger partial charge >= 0.3 is 0 Å². The van der Waals surface area contributed by atoms with Crippen LogP contribution >= 0.6 is 11.8 Å². The van der Waals surface area contributed by atoms with Crippen molar-refractivity contribution >= 4 is 17.5 Å². The first-order valence-corrected chi connectivity index (χ1v) is 14.3. The minimum Gasteiger partial charge on any atom is -0.386 e. The quantitative estimate of drug-likeness (QED) is 0.404. The molecule has 0 aliphatic heterocycles. The Hall–Kier alpha value is -1.53. The van der Waals surface area contributed by atoms with E-state index in [2.05, 4.69) is 31.2 Å². The number of hydrogen-bond donors (Lipinski definition) is 1. The molecule has 1 aromatic rings. The zero-order chi connectivity index (χ0) is 26.1. The summed E-state index contributed by atoms with van der Waals surface area (Å²) in [6.45, 7) is 5.46. The first-order chi connectivity index (χ1) is 16.8. The highest BCUT2D eigenvalue weighted by Gasteiger charge is 2.73. The van der Waals surface area contributed by atoms with Gasteiger partial charge in [-0.3, -0.25) is 4.79 Å². The molecule has 0 heterocycles. The first-order valence-electron chi connectivity index (χ1n) is 13.3. The van der Waals surface area contributed by atoms with Gasteiger partial charge in [-0.2, -0.15) is 0 Å². The summed E-state index contributed by atoms with van der Waals surface area (Å²) in [7, 11) is 0. The highest BCUT2D eigenvalue weighted by atomic mass is 32.2. The van der Waals surface area contributed by atoms with Gasteiger partial charge in [0.1, 0.15) is 5.60 Å². The van der Waals surface area contributed by atoms with E-state index in [-0.39, 0.29) is 30.0 Å². The van der Waals surface area contributed by atoms with Gasteiger partial charge in [-0.15, -0.1) is 11.8 Å². The van der Waals surface area contributed by atoms with Gasteiger partial charge in [0.05, 0.1) is 0 Å². The number of carbonyl (C=O) groups excluding carboxylic acids is 1. The zero-order valence-electron chi connectivity index (χ0n) is 21.7. The largest absolute Gasteiger partial charge is 0.386 e. The summed E-state index contributed by atoms with van der Waals surface area (Å²) in [5.41, 5.74) is -1.41. The second kappa shape index (κ2) is 8.76. The van der Waals surface area contributed by atoms with E-state index in [1.54, 1.807) is 17.8 Å². The van der Waals surface area contributed by atoms with Gasteiger partial charge in [0.15, 0.2) is 11.5 Å². The van der Waals surface area contributed by atoms with E-state index in [0.29, 0.717) is 32.6 Å². The predicted molar refractivity (Wildman–Crippen MR) is 138 cm³/mol. The van der Waals surface area contributed by atoms with E-state index in [4.69, 9.17) is 0 Å². The van der Waals surface area contributed by atoms with E-state index in [0.717, 1.165) is 36.7 Å². The number of benzene rings is 1. The number of aliphatic hydroxyl groups is 1. The average Bonchev–Trinajstić information content (AvgIpc) is 3.10. The van der Waals surface area contributed by atoms with Crippen molar-refractivity contribution in [2.45, 2.75) is 101 Å². The SMILES string of the molecule is CCSc1ccc(C2CC3(C)C(CCC3(O)C(C)(F)C(C)(F)F)C3CCC4=CC(=O)CCC4=C23)cc1. The van der Waals surface area contributed by atoms with Crippen molar-refractivity contribution in [2.24, 2.45) is 17.3 Å². The monoisotopic (exact) mass is 518 g/mol. The summed E-state index contributed by atoms with van der Waals surface area (Å²) in [6, 6.07) is 8.42. The summed E-state index contributed by atoms with van der Waals surface area (Å²) >= 11 is 1.76. The van der Waals surface area contributed by atoms with Crippen LogP contribution in [0.2, 0.25) is 0 Å². The number of thioether (sulfide) groups is 1. The Morgan fingerprint density at radius 3 is 2.42 bits per heavy atom. The van der Waals surface area contributed by atoms with Crippen molar-refractivity contribution in [1.82, 2.24) is 0 Å². The van der Waals surface area contributed by atoms with Gasteiger partial charge in [-0.25, -0.2) is 13.2 Å². The van der Waals surface area contributed by atoms with Gasteiger partial charge < -0.3 is 5.11 Å². The number of halogens is 3. The maximum Gasteiger partial charge on any atom is 0.281 e. The third-order valence-electron chi connectivity index (χ3n) is 10.1. The Morgan fingerprint density at radius 1 is 1.08 bits per heavy atom. The number of fused-ring (bicyclic) bond motifs is 4. The van der Waals surface area contributed by atoms with Crippen LogP contribution in [0.1, 0.15) is 84.1 Å². The summed E-state index contributed by atoms with van der Waals surface area (Å²) in [5.74, 6) is -2.62. The fourth-order valence-electron chi connectivity index (χ4n) is 8.06. The lowest BCUT2D eigenvalue weighted by molar-refractivity contribution is -0.252. The van der Waals surface area contributed by atoms with Gasteiger partial charge in [0.2, 0.25) is 0 Å². The Morgan fingerprint density at radius 2 is 1.78 bits per heavy atom. The Balaban J connectivity index is 1.67. The van der Waals surface area contributed by atoms with Gasteiger partial charge in [-0.1, -0.05) is 31.6 Å². The highest BCUT2D eigenvalue weighted by molar-refractivity contribution is 7.99. The molecule has 4 aliphatic rings. The molecule has 0 spiro atoms. The second-order valence-electron chi connectivity index (χ2n) is 11.8. The molecule has 2 nitrogen and oxygen atoms in total. The molecule has 36 heavy (non-hydrogen) atoms. The predicted octanol–water partition coefficient (Wildman–Crippen LogP) is 7.81. The van der Waals surface area contributed by atoms with Crippen molar-refractivity contribution in [3.8, 4) is 0 Å². The molecule has 1 aromatic carbocycles. The maximum atomic E-state index is 16.0. The Kier molecular flexibility index (Phi) is 6.35. The lowest BCUT2D eigenvalue weighted by Crippen LogP contribution is -2.66. The van der Waals surface area contributed by atoms with Crippen LogP contribution in [0.3, 0.4) is 0 Å². The van der Waals surface area contributed by atoms with Crippen LogP contribution in [-0.4, -0.2) is 33.8 Å². The average molecular weight is 519 g/mol. The Labute approximate surface area is 216 Å². The molecule has 0 radical (unpaired) electrons. The highest BCUT2D eigenvalue weighted by Crippen LogP contribution is 2.70. The zero-order valence-corrected chi connectivity index (χ0v) is 22.5. The number of ketones is 1. The lowest BCUT2D eigenvalue weighted by Gasteiger charge is -2.57. The molecule has 0 bridgehead atoms. The molecule has 2 saturated carbocycles. The van der Waals surface area contributed by atoms with Crippen LogP contribution in [-0.2, 0) is 4.79 Å². The van der Waals surface area contributed by atoms with E-state index in [9.17, 15) is 18.7 Å². The molecule has 6 unspecified atom stereocenters. The number of hydrogen-bond acceptors (Lipinski definition) is 3. The molecule has 4 aliphatic carbocycles. The number of carbonyl (C=O) groups is 1. The van der Waals surface area contributed by atoms with Crippen molar-refractivity contribution in [3.63, 3.8) is 0 Å². The van der Waals surface area contributed by atoms with Gasteiger partial charge in [0, 0.05) is 29.6 Å². The van der Waals surface area contributed by atoms with Crippen LogP contribution in [0.15, 0.2) is 52.0 Å². The fraction of sp³-hybridized carbons (Fsp3) is 0.633. The second-order valence-corrected chi connectivity index (χ2v) is 13.1. The topological polar surface area (TPSA) is 37.3 Å². The van der Waals surface area contributed by atoms with E-state index >= 15 is 4.39 Å². The van der Waals surface area contributed by atoms with Crippen molar-refractivity contribution in [1.29, 1.82) is 0 Å². The molecule has 5 rings (SSSR count). The molecule has 0 saturated heterocycles.